The molecule has 0 aromatic carbocycles. The Morgan fingerprint density at radius 2 is 1.83 bits per heavy atom. The Hall–Kier alpha value is -0.240. The van der Waals surface area contributed by atoms with E-state index in [2.05, 4.69) is 4.74 Å². The van der Waals surface area contributed by atoms with Crippen LogP contribution in [0.4, 0.5) is 0 Å². The minimum atomic E-state index is -2.09. The molecule has 0 aliphatic carbocycles. The minimum Gasteiger partial charge on any atom is -0.394 e. The van der Waals surface area contributed by atoms with Crippen LogP contribution in [-0.4, -0.2) is 62.8 Å². The number of hydrogen-bond donors (Lipinski definition) is 5. The van der Waals surface area contributed by atoms with Crippen LogP contribution in [-0.2, 0) is 4.74 Å². The van der Waals surface area contributed by atoms with Crippen molar-refractivity contribution < 1.29 is 30.3 Å². The topological polar surface area (TPSA) is 110 Å². The quantitative estimate of drug-likeness (QED) is 0.306. The van der Waals surface area contributed by atoms with Crippen molar-refractivity contribution in [2.75, 3.05) is 13.2 Å². The molecule has 1 aliphatic heterocycles. The highest BCUT2D eigenvalue weighted by atomic mass is 16.7. The molecule has 72 valence electrons. The van der Waals surface area contributed by atoms with Crippen molar-refractivity contribution >= 4 is 0 Å². The van der Waals surface area contributed by atoms with E-state index in [-0.39, 0.29) is 0 Å². The Labute approximate surface area is 68.6 Å². The van der Waals surface area contributed by atoms with Crippen LogP contribution < -0.4 is 0 Å². The van der Waals surface area contributed by atoms with Crippen LogP contribution in [0.3, 0.4) is 0 Å². The molecule has 6 heteroatoms. The fourth-order valence-corrected chi connectivity index (χ4v) is 1.14. The van der Waals surface area contributed by atoms with Gasteiger partial charge < -0.3 is 30.3 Å². The Morgan fingerprint density at radius 1 is 1.25 bits per heavy atom. The van der Waals surface area contributed by atoms with Crippen LogP contribution in [0.15, 0.2) is 0 Å². The number of aliphatic hydroxyl groups excluding tert-OH is 4. The van der Waals surface area contributed by atoms with E-state index in [4.69, 9.17) is 15.3 Å². The highest BCUT2D eigenvalue weighted by Crippen LogP contribution is 2.28. The standard InChI is InChI=1S/C6H12O6/c7-1-3-4(9)6(11,2-8)5(10)12-3/h3-5,7-11H,1-2H2/t3-,4+,5?,6?/m1/s1. The van der Waals surface area contributed by atoms with Gasteiger partial charge in [0.2, 0.25) is 0 Å². The second kappa shape index (κ2) is 3.25. The molecule has 4 atom stereocenters. The molecule has 1 saturated heterocycles. The van der Waals surface area contributed by atoms with Crippen LogP contribution >= 0.6 is 0 Å². The summed E-state index contributed by atoms with van der Waals surface area (Å²) < 4.78 is 4.57. The van der Waals surface area contributed by atoms with Gasteiger partial charge in [0.1, 0.15) is 12.2 Å². The van der Waals surface area contributed by atoms with Crippen molar-refractivity contribution in [3.8, 4) is 0 Å². The van der Waals surface area contributed by atoms with Crippen LogP contribution in [0.25, 0.3) is 0 Å². The Bertz CT molecular complexity index is 162. The van der Waals surface area contributed by atoms with E-state index < -0.39 is 37.3 Å². The molecule has 0 aromatic rings. The summed E-state index contributed by atoms with van der Waals surface area (Å²) >= 11 is 0. The smallest absolute Gasteiger partial charge is 0.189 e. The molecule has 6 nitrogen and oxygen atoms in total. The van der Waals surface area contributed by atoms with Gasteiger partial charge in [0.05, 0.1) is 13.2 Å². The van der Waals surface area contributed by atoms with Crippen molar-refractivity contribution in [1.29, 1.82) is 0 Å². The second-order valence-electron chi connectivity index (χ2n) is 2.80. The third-order valence-corrected chi connectivity index (χ3v) is 2.03. The SMILES string of the molecule is OC[C@H]1OC(O)C(O)(CO)[C@H]1O. The number of rotatable bonds is 2. The molecule has 2 unspecified atom stereocenters. The summed E-state index contributed by atoms with van der Waals surface area (Å²) in [5.74, 6) is 0. The molecule has 1 heterocycles. The lowest BCUT2D eigenvalue weighted by atomic mass is 9.97. The molecule has 0 aromatic heterocycles. The lowest BCUT2D eigenvalue weighted by molar-refractivity contribution is -0.191. The van der Waals surface area contributed by atoms with E-state index in [1.54, 1.807) is 0 Å². The van der Waals surface area contributed by atoms with Crippen LogP contribution in [0.2, 0.25) is 0 Å². The van der Waals surface area contributed by atoms with E-state index in [9.17, 15) is 10.2 Å². The molecule has 12 heavy (non-hydrogen) atoms. The number of aliphatic hydroxyl groups is 5. The first-order valence-electron chi connectivity index (χ1n) is 3.52. The molecule has 0 amide bonds. The van der Waals surface area contributed by atoms with Gasteiger partial charge in [0, 0.05) is 0 Å². The molecular weight excluding hydrogens is 168 g/mol. The summed E-state index contributed by atoms with van der Waals surface area (Å²) in [6, 6.07) is 0. The molecule has 1 fully saturated rings. The van der Waals surface area contributed by atoms with Crippen LogP contribution in [0.5, 0.6) is 0 Å². The van der Waals surface area contributed by atoms with Gasteiger partial charge in [-0.05, 0) is 0 Å². The van der Waals surface area contributed by atoms with Crippen molar-refractivity contribution in [2.24, 2.45) is 0 Å². The summed E-state index contributed by atoms with van der Waals surface area (Å²) in [4.78, 5) is 0. The first kappa shape index (κ1) is 9.85. The van der Waals surface area contributed by atoms with E-state index >= 15 is 0 Å². The largest absolute Gasteiger partial charge is 0.394 e. The molecule has 0 bridgehead atoms. The van der Waals surface area contributed by atoms with E-state index in [1.807, 2.05) is 0 Å². The summed E-state index contributed by atoms with van der Waals surface area (Å²) in [6.07, 6.45) is -4.21. The van der Waals surface area contributed by atoms with Gasteiger partial charge in [-0.1, -0.05) is 0 Å². The average Bonchev–Trinajstić information content (AvgIpc) is 2.30. The molecule has 0 spiro atoms. The molecule has 0 radical (unpaired) electrons. The number of ether oxygens (including phenoxy) is 1. The first-order valence-corrected chi connectivity index (χ1v) is 3.52. The summed E-state index contributed by atoms with van der Waals surface area (Å²) in [7, 11) is 0. The molecule has 1 rings (SSSR count). The molecule has 1 aliphatic rings. The Balaban J connectivity index is 2.76. The maximum atomic E-state index is 9.35. The van der Waals surface area contributed by atoms with E-state index in [0.717, 1.165) is 0 Å². The third-order valence-electron chi connectivity index (χ3n) is 2.03. The molecule has 5 N–H and O–H groups in total. The van der Waals surface area contributed by atoms with Crippen LogP contribution in [0, 0.1) is 0 Å². The lowest BCUT2D eigenvalue weighted by Gasteiger charge is -2.25. The van der Waals surface area contributed by atoms with Crippen molar-refractivity contribution in [2.45, 2.75) is 24.1 Å². The Morgan fingerprint density at radius 3 is 2.08 bits per heavy atom. The van der Waals surface area contributed by atoms with Gasteiger partial charge in [-0.25, -0.2) is 0 Å². The molecular formula is C6H12O6. The summed E-state index contributed by atoms with van der Waals surface area (Å²) in [5.41, 5.74) is -2.09. The monoisotopic (exact) mass is 180 g/mol. The van der Waals surface area contributed by atoms with Gasteiger partial charge in [-0.15, -0.1) is 0 Å². The highest BCUT2D eigenvalue weighted by molar-refractivity contribution is 4.98. The van der Waals surface area contributed by atoms with Gasteiger partial charge in [0.25, 0.3) is 0 Å². The predicted octanol–water partition coefficient (Wildman–Crippen LogP) is -3.22. The highest BCUT2D eigenvalue weighted by Gasteiger charge is 2.54. The van der Waals surface area contributed by atoms with Crippen LogP contribution in [0.1, 0.15) is 0 Å². The minimum absolute atomic E-state index is 0.527. The van der Waals surface area contributed by atoms with Crippen molar-refractivity contribution in [3.63, 3.8) is 0 Å². The maximum Gasteiger partial charge on any atom is 0.189 e. The van der Waals surface area contributed by atoms with Gasteiger partial charge in [0.15, 0.2) is 11.9 Å². The normalized spacial score (nSPS) is 48.2. The third kappa shape index (κ3) is 1.22. The van der Waals surface area contributed by atoms with E-state index in [0.29, 0.717) is 0 Å². The fourth-order valence-electron chi connectivity index (χ4n) is 1.14. The Kier molecular flexibility index (Phi) is 2.67. The summed E-state index contributed by atoms with van der Waals surface area (Å²) in [5, 5.41) is 44.8. The average molecular weight is 180 g/mol. The zero-order chi connectivity index (χ0) is 9.35. The summed E-state index contributed by atoms with van der Waals surface area (Å²) in [6.45, 7) is -1.35. The number of hydrogen-bond acceptors (Lipinski definition) is 6. The van der Waals surface area contributed by atoms with Gasteiger partial charge in [-0.2, -0.15) is 0 Å². The van der Waals surface area contributed by atoms with Crippen molar-refractivity contribution in [3.05, 3.63) is 0 Å². The zero-order valence-corrected chi connectivity index (χ0v) is 6.29. The van der Waals surface area contributed by atoms with E-state index in [1.165, 1.54) is 0 Å². The second-order valence-corrected chi connectivity index (χ2v) is 2.80. The maximum absolute atomic E-state index is 9.35. The predicted molar refractivity (Wildman–Crippen MR) is 36.0 cm³/mol. The van der Waals surface area contributed by atoms with Gasteiger partial charge in [-0.3, -0.25) is 0 Å². The van der Waals surface area contributed by atoms with Gasteiger partial charge >= 0.3 is 0 Å². The first-order chi connectivity index (χ1) is 5.56. The molecule has 0 saturated carbocycles. The lowest BCUT2D eigenvalue weighted by Crippen LogP contribution is -2.51. The zero-order valence-electron chi connectivity index (χ0n) is 6.29. The fraction of sp³-hybridized carbons (Fsp3) is 1.00. The van der Waals surface area contributed by atoms with Crippen molar-refractivity contribution in [1.82, 2.24) is 0 Å².